The average Bonchev–Trinajstić information content (AvgIpc) is 3.11. The molecule has 1 unspecified atom stereocenters. The summed E-state index contributed by atoms with van der Waals surface area (Å²) in [6.45, 7) is 3.63. The Balaban J connectivity index is 2.19. The lowest BCUT2D eigenvalue weighted by atomic mass is 10.0. The highest BCUT2D eigenvalue weighted by Crippen LogP contribution is 2.69. The van der Waals surface area contributed by atoms with Crippen molar-refractivity contribution in [3.8, 4) is 5.75 Å². The Morgan fingerprint density at radius 3 is 1.73 bits per heavy atom. The zero-order chi connectivity index (χ0) is 38.6. The SMILES string of the molecule is CCOP(=O)(OCC)C(NC(=O)CNC(=O)C(Cc1ccc(OCC(=O)O)cc1)NC(=O)CNC(=O)OCc1ccccc1)P(=O)(OCC)OCC. The van der Waals surface area contributed by atoms with Gasteiger partial charge in [-0.05, 0) is 51.0 Å². The zero-order valence-electron chi connectivity index (χ0n) is 29.4. The van der Waals surface area contributed by atoms with Crippen LogP contribution in [0.15, 0.2) is 54.6 Å². The van der Waals surface area contributed by atoms with E-state index in [4.69, 9.17) is 32.7 Å². The summed E-state index contributed by atoms with van der Waals surface area (Å²) in [7, 11) is -8.70. The molecule has 0 saturated heterocycles. The van der Waals surface area contributed by atoms with Crippen LogP contribution in [0.1, 0.15) is 38.8 Å². The summed E-state index contributed by atoms with van der Waals surface area (Å²) in [5, 5.41) is 18.3. The molecule has 2 aromatic rings. The highest BCUT2D eigenvalue weighted by Gasteiger charge is 2.52. The second-order valence-corrected chi connectivity index (χ2v) is 15.1. The first kappa shape index (κ1) is 43.9. The fourth-order valence-electron chi connectivity index (χ4n) is 4.38. The first-order chi connectivity index (χ1) is 24.8. The first-order valence-electron chi connectivity index (χ1n) is 16.3. The maximum Gasteiger partial charge on any atom is 0.407 e. The van der Waals surface area contributed by atoms with Crippen molar-refractivity contribution in [2.45, 2.75) is 52.3 Å². The fourth-order valence-corrected chi connectivity index (χ4v) is 9.32. The summed E-state index contributed by atoms with van der Waals surface area (Å²) in [5.74, 6) is -3.51. The highest BCUT2D eigenvalue weighted by atomic mass is 31.2. The molecule has 0 aliphatic rings. The van der Waals surface area contributed by atoms with Crippen LogP contribution in [0.3, 0.4) is 0 Å². The van der Waals surface area contributed by atoms with E-state index in [9.17, 15) is 33.1 Å². The van der Waals surface area contributed by atoms with Gasteiger partial charge in [0.1, 0.15) is 24.9 Å². The smallest absolute Gasteiger partial charge is 0.407 e. The Kier molecular flexibility index (Phi) is 19.0. The van der Waals surface area contributed by atoms with Crippen LogP contribution in [0.2, 0.25) is 0 Å². The molecule has 288 valence electrons. The molecule has 0 radical (unpaired) electrons. The number of ether oxygens (including phenoxy) is 2. The lowest BCUT2D eigenvalue weighted by molar-refractivity contribution is -0.139. The van der Waals surface area contributed by atoms with Crippen molar-refractivity contribution in [3.63, 3.8) is 0 Å². The molecule has 2 aromatic carbocycles. The number of aliphatic carboxylic acids is 1. The molecule has 5 N–H and O–H groups in total. The van der Waals surface area contributed by atoms with E-state index in [1.165, 1.54) is 52.0 Å². The molecular weight excluding hydrogens is 726 g/mol. The quantitative estimate of drug-likeness (QED) is 0.0964. The van der Waals surface area contributed by atoms with Gasteiger partial charge >= 0.3 is 27.3 Å². The second kappa shape index (κ2) is 22.6. The van der Waals surface area contributed by atoms with Gasteiger partial charge < -0.3 is 53.9 Å². The molecule has 0 spiro atoms. The van der Waals surface area contributed by atoms with E-state index in [1.807, 2.05) is 0 Å². The minimum absolute atomic E-state index is 0.0381. The van der Waals surface area contributed by atoms with Gasteiger partial charge in [-0.3, -0.25) is 23.5 Å². The lowest BCUT2D eigenvalue weighted by Crippen LogP contribution is -2.52. The van der Waals surface area contributed by atoms with Crippen molar-refractivity contribution in [1.82, 2.24) is 21.3 Å². The highest BCUT2D eigenvalue weighted by molar-refractivity contribution is 7.72. The maximum atomic E-state index is 13.7. The number of hydrogen-bond donors (Lipinski definition) is 5. The molecule has 2 rings (SSSR count). The van der Waals surface area contributed by atoms with E-state index in [0.29, 0.717) is 5.56 Å². The van der Waals surface area contributed by atoms with E-state index < -0.39 is 76.2 Å². The third-order valence-corrected chi connectivity index (χ3v) is 12.2. The van der Waals surface area contributed by atoms with Crippen molar-refractivity contribution in [2.24, 2.45) is 0 Å². The van der Waals surface area contributed by atoms with Gasteiger partial charge in [0.05, 0.1) is 33.0 Å². The summed E-state index contributed by atoms with van der Waals surface area (Å²) in [5.41, 5.74) is -0.647. The number of carboxylic acid groups (broad SMARTS) is 1. The van der Waals surface area contributed by atoms with Crippen molar-refractivity contribution in [1.29, 1.82) is 0 Å². The molecule has 0 bridgehead atoms. The summed E-state index contributed by atoms with van der Waals surface area (Å²) >= 11 is 0. The number of carbonyl (C=O) groups excluding carboxylic acids is 4. The second-order valence-electron chi connectivity index (χ2n) is 10.5. The van der Waals surface area contributed by atoms with Crippen LogP contribution in [0, 0.1) is 0 Å². The van der Waals surface area contributed by atoms with Crippen LogP contribution in [0.4, 0.5) is 4.79 Å². The number of benzene rings is 2. The molecule has 18 nitrogen and oxygen atoms in total. The first-order valence-corrected chi connectivity index (χ1v) is 19.5. The van der Waals surface area contributed by atoms with Gasteiger partial charge in [0.15, 0.2) is 6.61 Å². The summed E-state index contributed by atoms with van der Waals surface area (Å²) in [6, 6.07) is 13.6. The lowest BCUT2D eigenvalue weighted by Gasteiger charge is -2.31. The Bertz CT molecular complexity index is 1510. The number of carboxylic acids is 1. The van der Waals surface area contributed by atoms with Crippen LogP contribution in [-0.2, 0) is 64.2 Å². The number of alkyl carbamates (subject to hydrolysis) is 1. The Hall–Kier alpha value is -4.31. The molecule has 0 saturated carbocycles. The topological polar surface area (TPSA) is 243 Å². The monoisotopic (exact) mass is 772 g/mol. The average molecular weight is 773 g/mol. The van der Waals surface area contributed by atoms with Crippen molar-refractivity contribution < 1.29 is 65.8 Å². The Labute approximate surface area is 301 Å². The molecule has 0 fully saturated rings. The van der Waals surface area contributed by atoms with E-state index in [1.54, 1.807) is 30.3 Å². The maximum absolute atomic E-state index is 13.7. The molecular formula is C32H46N4O14P2. The molecule has 0 heterocycles. The third-order valence-electron chi connectivity index (χ3n) is 6.53. The van der Waals surface area contributed by atoms with Gasteiger partial charge in [-0.1, -0.05) is 42.5 Å². The van der Waals surface area contributed by atoms with Crippen LogP contribution < -0.4 is 26.0 Å². The molecule has 20 heteroatoms. The van der Waals surface area contributed by atoms with Crippen molar-refractivity contribution >= 4 is 45.0 Å². The van der Waals surface area contributed by atoms with Crippen LogP contribution >= 0.6 is 15.2 Å². The van der Waals surface area contributed by atoms with Crippen LogP contribution in [0.5, 0.6) is 5.75 Å². The number of hydrogen-bond acceptors (Lipinski definition) is 13. The summed E-state index contributed by atoms with van der Waals surface area (Å²) in [6.07, 6.45) is -0.997. The number of carbonyl (C=O) groups is 5. The zero-order valence-corrected chi connectivity index (χ0v) is 31.2. The van der Waals surface area contributed by atoms with Gasteiger partial charge in [0, 0.05) is 6.42 Å². The molecule has 0 aromatic heterocycles. The number of amides is 4. The van der Waals surface area contributed by atoms with Crippen LogP contribution in [0.25, 0.3) is 0 Å². The third kappa shape index (κ3) is 15.1. The minimum Gasteiger partial charge on any atom is -0.482 e. The minimum atomic E-state index is -4.35. The predicted octanol–water partition coefficient (Wildman–Crippen LogP) is 3.15. The predicted molar refractivity (Wildman–Crippen MR) is 186 cm³/mol. The molecule has 1 atom stereocenters. The number of rotatable bonds is 24. The molecule has 4 amide bonds. The van der Waals surface area contributed by atoms with Gasteiger partial charge in [-0.15, -0.1) is 0 Å². The Morgan fingerprint density at radius 1 is 0.692 bits per heavy atom. The van der Waals surface area contributed by atoms with E-state index in [-0.39, 0.29) is 45.2 Å². The van der Waals surface area contributed by atoms with Gasteiger partial charge in [0.2, 0.25) is 23.2 Å². The normalized spacial score (nSPS) is 12.0. The molecule has 0 aliphatic heterocycles. The molecule has 52 heavy (non-hydrogen) atoms. The standard InChI is InChI=1S/C32H46N4O14P2/c1-5-47-51(43,48-6-2)32(52(44,49-7-3)50-8-4)36-28(38)19-33-30(41)26(18-23-14-16-25(17-15-23)45-22-29(39)40)35-27(37)20-34-31(42)46-21-24-12-10-9-11-13-24/h9-17,26,32H,5-8,18-22H2,1-4H3,(H,33,41)(H,34,42)(H,35,37)(H,36,38)(H,39,40). The number of nitrogens with one attached hydrogen (secondary N) is 4. The van der Waals surface area contributed by atoms with Crippen molar-refractivity contribution in [3.05, 3.63) is 65.7 Å². The van der Waals surface area contributed by atoms with Crippen molar-refractivity contribution in [2.75, 3.05) is 46.1 Å². The van der Waals surface area contributed by atoms with E-state index >= 15 is 0 Å². The largest absolute Gasteiger partial charge is 0.482 e. The fraction of sp³-hybridized carbons (Fsp3) is 0.469. The summed E-state index contributed by atoms with van der Waals surface area (Å²) < 4.78 is 59.0. The van der Waals surface area contributed by atoms with E-state index in [0.717, 1.165) is 5.56 Å². The molecule has 0 aliphatic carbocycles. The van der Waals surface area contributed by atoms with Crippen LogP contribution in [-0.4, -0.2) is 92.6 Å². The van der Waals surface area contributed by atoms with E-state index in [2.05, 4.69) is 21.3 Å². The van der Waals surface area contributed by atoms with Gasteiger partial charge in [-0.25, -0.2) is 9.59 Å². The Morgan fingerprint density at radius 2 is 1.21 bits per heavy atom. The van der Waals surface area contributed by atoms with Gasteiger partial charge in [0.25, 0.3) is 0 Å². The summed E-state index contributed by atoms with van der Waals surface area (Å²) in [4.78, 5) is 62.4. The van der Waals surface area contributed by atoms with Gasteiger partial charge in [-0.2, -0.15) is 0 Å².